The van der Waals surface area contributed by atoms with Gasteiger partial charge in [-0.1, -0.05) is 18.2 Å². The number of hydrogen-bond acceptors (Lipinski definition) is 6. The lowest BCUT2D eigenvalue weighted by molar-refractivity contribution is -0.119. The van der Waals surface area contributed by atoms with Gasteiger partial charge in [0.05, 0.1) is 13.1 Å². The van der Waals surface area contributed by atoms with Crippen LogP contribution in [-0.4, -0.2) is 35.9 Å². The van der Waals surface area contributed by atoms with Crippen molar-refractivity contribution in [2.45, 2.75) is 6.61 Å². The standard InChI is InChI=1S/C17H15F2N5O3/c18-13-4-10(5-22-15(13)24-6-11(25)7-24)12-3-1-2-9(14(12)19)8-27-17(26)23-16(20)21/h1-5H,6-8H2,(H4,20,21,23,26). The molecule has 0 aliphatic carbocycles. The second-order valence-corrected chi connectivity index (χ2v) is 5.82. The van der Waals surface area contributed by atoms with Gasteiger partial charge in [0.1, 0.15) is 12.4 Å². The Morgan fingerprint density at radius 3 is 2.74 bits per heavy atom. The lowest BCUT2D eigenvalue weighted by atomic mass is 10.0. The number of hydrogen-bond donors (Lipinski definition) is 3. The number of aromatic nitrogens is 1. The maximum Gasteiger partial charge on any atom is 0.414 e. The Morgan fingerprint density at radius 2 is 2.11 bits per heavy atom. The molecule has 1 aliphatic heterocycles. The molecule has 1 aromatic heterocycles. The van der Waals surface area contributed by atoms with E-state index in [0.29, 0.717) is 0 Å². The van der Waals surface area contributed by atoms with E-state index >= 15 is 0 Å². The molecule has 4 N–H and O–H groups in total. The first kappa shape index (κ1) is 18.2. The second kappa shape index (κ2) is 7.36. The van der Waals surface area contributed by atoms with Crippen molar-refractivity contribution in [3.8, 4) is 11.1 Å². The molecule has 10 heteroatoms. The number of alkyl carbamates (subject to hydrolysis) is 1. The third-order valence-corrected chi connectivity index (χ3v) is 3.84. The number of nitrogens with zero attached hydrogens (tertiary/aromatic N) is 2. The molecule has 0 atom stereocenters. The molecule has 3 rings (SSSR count). The predicted octanol–water partition coefficient (Wildman–Crippen LogP) is 1.54. The molecule has 1 amide bonds. The summed E-state index contributed by atoms with van der Waals surface area (Å²) in [6.45, 7) is -0.192. The van der Waals surface area contributed by atoms with Crippen LogP contribution in [0.4, 0.5) is 19.4 Å². The Labute approximate surface area is 152 Å². The van der Waals surface area contributed by atoms with Gasteiger partial charge >= 0.3 is 6.09 Å². The molecule has 0 radical (unpaired) electrons. The molecule has 1 aliphatic rings. The molecule has 140 valence electrons. The summed E-state index contributed by atoms with van der Waals surface area (Å²) >= 11 is 0. The summed E-state index contributed by atoms with van der Waals surface area (Å²) in [7, 11) is 0. The van der Waals surface area contributed by atoms with Crippen molar-refractivity contribution < 1.29 is 23.1 Å². The fraction of sp³-hybridized carbons (Fsp3) is 0.176. The normalized spacial score (nSPS) is 13.1. The minimum Gasteiger partial charge on any atom is -0.444 e. The fourth-order valence-corrected chi connectivity index (χ4v) is 2.54. The van der Waals surface area contributed by atoms with Crippen molar-refractivity contribution in [3.05, 3.63) is 47.7 Å². The van der Waals surface area contributed by atoms with Crippen molar-refractivity contribution in [1.82, 2.24) is 10.3 Å². The number of amides is 1. The number of carbonyl (C=O) groups is 2. The van der Waals surface area contributed by atoms with E-state index in [4.69, 9.17) is 15.9 Å². The highest BCUT2D eigenvalue weighted by Crippen LogP contribution is 2.29. The lowest BCUT2D eigenvalue weighted by Gasteiger charge is -2.30. The zero-order valence-electron chi connectivity index (χ0n) is 14.0. The number of Topliss-reactive ketones (excluding diaryl/α,β-unsaturated/α-hetero) is 1. The Morgan fingerprint density at radius 1 is 1.37 bits per heavy atom. The van der Waals surface area contributed by atoms with Crippen LogP contribution < -0.4 is 16.0 Å². The molecule has 0 bridgehead atoms. The molecule has 0 saturated carbocycles. The van der Waals surface area contributed by atoms with E-state index in [-0.39, 0.29) is 41.4 Å². The topological polar surface area (TPSA) is 121 Å². The Balaban J connectivity index is 1.79. The number of anilines is 1. The predicted molar refractivity (Wildman–Crippen MR) is 92.0 cm³/mol. The third-order valence-electron chi connectivity index (χ3n) is 3.84. The van der Waals surface area contributed by atoms with Gasteiger partial charge in [-0.2, -0.15) is 0 Å². The first-order valence-electron chi connectivity index (χ1n) is 7.83. The molecule has 1 fully saturated rings. The van der Waals surface area contributed by atoms with E-state index in [9.17, 15) is 18.4 Å². The smallest absolute Gasteiger partial charge is 0.414 e. The molecular formula is C17H15F2N5O3. The number of nitrogens with one attached hydrogen (secondary N) is 2. The molecule has 1 aromatic carbocycles. The molecule has 8 nitrogen and oxygen atoms in total. The van der Waals surface area contributed by atoms with Gasteiger partial charge in [-0.25, -0.2) is 18.6 Å². The van der Waals surface area contributed by atoms with Gasteiger partial charge in [-0.15, -0.1) is 0 Å². The van der Waals surface area contributed by atoms with Crippen LogP contribution in [0.15, 0.2) is 30.5 Å². The quantitative estimate of drug-likeness (QED) is 0.550. The van der Waals surface area contributed by atoms with Crippen LogP contribution in [-0.2, 0) is 16.1 Å². The lowest BCUT2D eigenvalue weighted by Crippen LogP contribution is -2.48. The number of ketones is 1. The largest absolute Gasteiger partial charge is 0.444 e. The van der Waals surface area contributed by atoms with Crippen LogP contribution in [0.25, 0.3) is 11.1 Å². The Kier molecular flexibility index (Phi) is 4.97. The Hall–Kier alpha value is -3.56. The number of pyridine rings is 1. The van der Waals surface area contributed by atoms with E-state index in [2.05, 4.69) is 4.98 Å². The first-order valence-corrected chi connectivity index (χ1v) is 7.83. The third kappa shape index (κ3) is 4.00. The maximum atomic E-state index is 14.7. The molecule has 2 aromatic rings. The average molecular weight is 375 g/mol. The summed E-state index contributed by atoms with van der Waals surface area (Å²) < 4.78 is 33.8. The van der Waals surface area contributed by atoms with Gasteiger partial charge in [-0.3, -0.25) is 15.5 Å². The molecule has 27 heavy (non-hydrogen) atoms. The van der Waals surface area contributed by atoms with Crippen LogP contribution in [0, 0.1) is 17.0 Å². The van der Waals surface area contributed by atoms with E-state index in [1.54, 1.807) is 0 Å². The zero-order valence-corrected chi connectivity index (χ0v) is 14.0. The molecule has 0 unspecified atom stereocenters. The summed E-state index contributed by atoms with van der Waals surface area (Å²) in [5.41, 5.74) is 5.34. The summed E-state index contributed by atoms with van der Waals surface area (Å²) in [4.78, 5) is 27.8. The van der Waals surface area contributed by atoms with E-state index in [1.165, 1.54) is 29.3 Å². The molecule has 1 saturated heterocycles. The number of halogens is 2. The summed E-state index contributed by atoms with van der Waals surface area (Å²) in [6.07, 6.45) is 0.320. The number of guanidine groups is 1. The fourth-order valence-electron chi connectivity index (χ4n) is 2.54. The van der Waals surface area contributed by atoms with Crippen molar-refractivity contribution >= 4 is 23.7 Å². The van der Waals surface area contributed by atoms with Crippen molar-refractivity contribution in [2.75, 3.05) is 18.0 Å². The first-order chi connectivity index (χ1) is 12.8. The van der Waals surface area contributed by atoms with Gasteiger partial charge in [0.15, 0.2) is 23.4 Å². The maximum absolute atomic E-state index is 14.7. The van der Waals surface area contributed by atoms with Gasteiger partial charge in [0, 0.05) is 22.9 Å². The summed E-state index contributed by atoms with van der Waals surface area (Å²) in [5.74, 6) is -1.92. The minimum absolute atomic E-state index is 0.00664. The number of benzene rings is 1. The highest BCUT2D eigenvalue weighted by atomic mass is 19.1. The summed E-state index contributed by atoms with van der Waals surface area (Å²) in [6, 6.07) is 5.51. The van der Waals surface area contributed by atoms with Gasteiger partial charge < -0.3 is 15.4 Å². The van der Waals surface area contributed by atoms with Crippen molar-refractivity contribution in [2.24, 2.45) is 5.73 Å². The number of ether oxygens (including phenoxy) is 1. The van der Waals surface area contributed by atoms with Gasteiger partial charge in [-0.05, 0) is 6.07 Å². The zero-order chi connectivity index (χ0) is 19.6. The van der Waals surface area contributed by atoms with Crippen molar-refractivity contribution in [1.29, 1.82) is 5.41 Å². The minimum atomic E-state index is -0.992. The van der Waals surface area contributed by atoms with Gasteiger partial charge in [0.2, 0.25) is 0 Å². The molecule has 0 spiro atoms. The molecule has 2 heterocycles. The van der Waals surface area contributed by atoms with E-state index < -0.39 is 30.3 Å². The van der Waals surface area contributed by atoms with Crippen LogP contribution >= 0.6 is 0 Å². The van der Waals surface area contributed by atoms with Crippen LogP contribution in [0.3, 0.4) is 0 Å². The second-order valence-electron chi connectivity index (χ2n) is 5.82. The highest BCUT2D eigenvalue weighted by Gasteiger charge is 2.27. The van der Waals surface area contributed by atoms with Crippen LogP contribution in [0.1, 0.15) is 5.56 Å². The number of carbonyl (C=O) groups excluding carboxylic acids is 2. The van der Waals surface area contributed by atoms with E-state index in [0.717, 1.165) is 6.07 Å². The van der Waals surface area contributed by atoms with E-state index in [1.807, 2.05) is 5.32 Å². The van der Waals surface area contributed by atoms with Crippen molar-refractivity contribution in [3.63, 3.8) is 0 Å². The average Bonchev–Trinajstić information content (AvgIpc) is 2.58. The number of nitrogens with two attached hydrogens (primary N) is 1. The number of rotatable bonds is 4. The summed E-state index contributed by atoms with van der Waals surface area (Å²) in [5, 5.41) is 8.83. The highest BCUT2D eigenvalue weighted by molar-refractivity contribution is 5.95. The van der Waals surface area contributed by atoms with Crippen LogP contribution in [0.2, 0.25) is 0 Å². The molecular weight excluding hydrogens is 360 g/mol. The monoisotopic (exact) mass is 375 g/mol. The SMILES string of the molecule is N=C(N)NC(=O)OCc1cccc(-c2cnc(N3CC(=O)C3)c(F)c2)c1F. The Bertz CT molecular complexity index is 927. The van der Waals surface area contributed by atoms with Gasteiger partial charge in [0.25, 0.3) is 0 Å². The van der Waals surface area contributed by atoms with Crippen LogP contribution in [0.5, 0.6) is 0 Å².